The molecule has 0 aliphatic carbocycles. The quantitative estimate of drug-likeness (QED) is 0.597. The molecule has 0 fully saturated rings. The van der Waals surface area contributed by atoms with Gasteiger partial charge in [0.05, 0.1) is 12.2 Å². The zero-order valence-corrected chi connectivity index (χ0v) is 11.2. The number of para-hydroxylation sites is 1. The van der Waals surface area contributed by atoms with Crippen molar-refractivity contribution in [1.29, 1.82) is 0 Å². The van der Waals surface area contributed by atoms with E-state index in [-0.39, 0.29) is 12.6 Å². The molecule has 4 nitrogen and oxygen atoms in total. The van der Waals surface area contributed by atoms with Crippen molar-refractivity contribution in [3.63, 3.8) is 0 Å². The fourth-order valence-electron chi connectivity index (χ4n) is 1.47. The zero-order chi connectivity index (χ0) is 13.4. The molecule has 0 aliphatic rings. The minimum absolute atomic E-state index is 0.281. The normalized spacial score (nSPS) is 10.4. The third-order valence-electron chi connectivity index (χ3n) is 2.33. The number of benzene rings is 1. The van der Waals surface area contributed by atoms with Gasteiger partial charge in [0, 0.05) is 19.3 Å². The van der Waals surface area contributed by atoms with E-state index >= 15 is 0 Å². The lowest BCUT2D eigenvalue weighted by molar-refractivity contribution is 0.0278. The van der Waals surface area contributed by atoms with Crippen LogP contribution in [0.3, 0.4) is 0 Å². The summed E-state index contributed by atoms with van der Waals surface area (Å²) < 4.78 is 10.5. The second kappa shape index (κ2) is 7.71. The minimum atomic E-state index is -0.326. The van der Waals surface area contributed by atoms with Gasteiger partial charge in [0.1, 0.15) is 6.61 Å². The number of hydrogen-bond donors (Lipinski definition) is 1. The van der Waals surface area contributed by atoms with Crippen molar-refractivity contribution >= 4 is 11.7 Å². The van der Waals surface area contributed by atoms with Crippen LogP contribution in [0.5, 0.6) is 0 Å². The fraction of sp³-hybridized carbons (Fsp3) is 0.500. The van der Waals surface area contributed by atoms with Gasteiger partial charge in [0.2, 0.25) is 0 Å². The summed E-state index contributed by atoms with van der Waals surface area (Å²) in [5, 5.41) is 2.96. The van der Waals surface area contributed by atoms with Crippen molar-refractivity contribution in [3.8, 4) is 0 Å². The largest absolute Gasteiger partial charge is 0.460 e. The van der Waals surface area contributed by atoms with E-state index in [4.69, 9.17) is 9.47 Å². The highest BCUT2D eigenvalue weighted by Gasteiger charge is 2.10. The van der Waals surface area contributed by atoms with Crippen LogP contribution in [0.15, 0.2) is 24.3 Å². The Labute approximate surface area is 108 Å². The lowest BCUT2D eigenvalue weighted by Gasteiger charge is -2.10. The van der Waals surface area contributed by atoms with Crippen LogP contribution in [0.2, 0.25) is 0 Å². The van der Waals surface area contributed by atoms with Crippen LogP contribution in [0.25, 0.3) is 0 Å². The number of nitrogens with one attached hydrogen (secondary N) is 1. The molecule has 0 saturated carbocycles. The highest BCUT2D eigenvalue weighted by Crippen LogP contribution is 2.15. The molecule has 18 heavy (non-hydrogen) atoms. The lowest BCUT2D eigenvalue weighted by Crippen LogP contribution is -2.13. The summed E-state index contributed by atoms with van der Waals surface area (Å²) in [4.78, 5) is 11.8. The van der Waals surface area contributed by atoms with Crippen molar-refractivity contribution in [2.75, 3.05) is 32.2 Å². The zero-order valence-electron chi connectivity index (χ0n) is 11.2. The van der Waals surface area contributed by atoms with Crippen molar-refractivity contribution in [2.24, 2.45) is 5.92 Å². The van der Waals surface area contributed by atoms with Gasteiger partial charge in [-0.25, -0.2) is 4.79 Å². The molecule has 0 spiro atoms. The van der Waals surface area contributed by atoms with Gasteiger partial charge in [-0.3, -0.25) is 0 Å². The molecular weight excluding hydrogens is 230 g/mol. The molecule has 1 aromatic rings. The van der Waals surface area contributed by atoms with Crippen LogP contribution in [0.4, 0.5) is 5.69 Å². The summed E-state index contributed by atoms with van der Waals surface area (Å²) in [5.41, 5.74) is 1.31. The summed E-state index contributed by atoms with van der Waals surface area (Å²) >= 11 is 0. The molecule has 1 N–H and O–H groups in total. The molecule has 0 radical (unpaired) electrons. The van der Waals surface area contributed by atoms with E-state index in [1.165, 1.54) is 0 Å². The molecular formula is C14H21NO3. The second-order valence-corrected chi connectivity index (χ2v) is 4.40. The van der Waals surface area contributed by atoms with E-state index in [0.717, 1.165) is 5.69 Å². The fourth-order valence-corrected chi connectivity index (χ4v) is 1.47. The molecule has 0 atom stereocenters. The average Bonchev–Trinajstić information content (AvgIpc) is 2.37. The van der Waals surface area contributed by atoms with Crippen LogP contribution in [-0.4, -0.2) is 32.8 Å². The van der Waals surface area contributed by atoms with Crippen molar-refractivity contribution in [3.05, 3.63) is 29.8 Å². The van der Waals surface area contributed by atoms with Crippen LogP contribution in [0, 0.1) is 5.92 Å². The summed E-state index contributed by atoms with van der Waals surface area (Å²) in [6, 6.07) is 7.26. The number of anilines is 1. The SMILES string of the molecule is CNc1ccccc1C(=O)OCCOCC(C)C. The number of esters is 1. The molecule has 4 heteroatoms. The van der Waals surface area contributed by atoms with Crippen molar-refractivity contribution in [1.82, 2.24) is 0 Å². The first-order chi connectivity index (χ1) is 8.65. The summed E-state index contributed by atoms with van der Waals surface area (Å²) in [5.74, 6) is 0.166. The topological polar surface area (TPSA) is 47.6 Å². The lowest BCUT2D eigenvalue weighted by atomic mass is 10.2. The van der Waals surface area contributed by atoms with Crippen molar-refractivity contribution < 1.29 is 14.3 Å². The first-order valence-corrected chi connectivity index (χ1v) is 6.16. The molecule has 1 aromatic carbocycles. The van der Waals surface area contributed by atoms with E-state index < -0.39 is 0 Å². The molecule has 0 heterocycles. The Kier molecular flexibility index (Phi) is 6.22. The van der Waals surface area contributed by atoms with Gasteiger partial charge in [0.25, 0.3) is 0 Å². The first-order valence-electron chi connectivity index (χ1n) is 6.16. The van der Waals surface area contributed by atoms with E-state index in [1.54, 1.807) is 13.1 Å². The van der Waals surface area contributed by atoms with Gasteiger partial charge >= 0.3 is 5.97 Å². The number of carbonyl (C=O) groups excluding carboxylic acids is 1. The van der Waals surface area contributed by atoms with Gasteiger partial charge < -0.3 is 14.8 Å². The molecule has 0 aliphatic heterocycles. The highest BCUT2D eigenvalue weighted by molar-refractivity contribution is 5.95. The van der Waals surface area contributed by atoms with E-state index in [9.17, 15) is 4.79 Å². The van der Waals surface area contributed by atoms with Gasteiger partial charge in [-0.1, -0.05) is 26.0 Å². The first kappa shape index (κ1) is 14.5. The van der Waals surface area contributed by atoms with Crippen LogP contribution < -0.4 is 5.32 Å². The Morgan fingerprint density at radius 3 is 2.67 bits per heavy atom. The Hall–Kier alpha value is -1.55. The monoisotopic (exact) mass is 251 g/mol. The maximum absolute atomic E-state index is 11.8. The third-order valence-corrected chi connectivity index (χ3v) is 2.33. The third kappa shape index (κ3) is 4.75. The second-order valence-electron chi connectivity index (χ2n) is 4.40. The Bertz CT molecular complexity index is 377. The predicted octanol–water partition coefficient (Wildman–Crippen LogP) is 2.56. The smallest absolute Gasteiger partial charge is 0.340 e. The standard InChI is InChI=1S/C14H21NO3/c1-11(2)10-17-8-9-18-14(16)12-6-4-5-7-13(12)15-3/h4-7,11,15H,8-10H2,1-3H3. The number of carbonyl (C=O) groups is 1. The number of ether oxygens (including phenoxy) is 2. The molecule has 0 unspecified atom stereocenters. The summed E-state index contributed by atoms with van der Waals surface area (Å²) in [6.07, 6.45) is 0. The van der Waals surface area contributed by atoms with E-state index in [2.05, 4.69) is 19.2 Å². The maximum atomic E-state index is 11.8. The maximum Gasteiger partial charge on any atom is 0.340 e. The van der Waals surface area contributed by atoms with E-state index in [1.807, 2.05) is 18.2 Å². The molecule has 0 amide bonds. The molecule has 1 rings (SSSR count). The average molecular weight is 251 g/mol. The molecule has 0 aromatic heterocycles. The van der Waals surface area contributed by atoms with E-state index in [0.29, 0.717) is 24.7 Å². The van der Waals surface area contributed by atoms with Crippen LogP contribution in [-0.2, 0) is 9.47 Å². The summed E-state index contributed by atoms with van der Waals surface area (Å²) in [6.45, 7) is 5.56. The highest BCUT2D eigenvalue weighted by atomic mass is 16.6. The predicted molar refractivity (Wildman–Crippen MR) is 71.9 cm³/mol. The Morgan fingerprint density at radius 2 is 2.00 bits per heavy atom. The van der Waals surface area contributed by atoms with Gasteiger partial charge in [0.15, 0.2) is 0 Å². The van der Waals surface area contributed by atoms with Crippen molar-refractivity contribution in [2.45, 2.75) is 13.8 Å². The van der Waals surface area contributed by atoms with Crippen LogP contribution in [0.1, 0.15) is 24.2 Å². The minimum Gasteiger partial charge on any atom is -0.460 e. The van der Waals surface area contributed by atoms with Gasteiger partial charge in [-0.15, -0.1) is 0 Å². The number of hydrogen-bond acceptors (Lipinski definition) is 4. The van der Waals surface area contributed by atoms with Gasteiger partial charge in [-0.2, -0.15) is 0 Å². The van der Waals surface area contributed by atoms with Gasteiger partial charge in [-0.05, 0) is 18.1 Å². The molecule has 0 saturated heterocycles. The molecule has 100 valence electrons. The number of rotatable bonds is 7. The Morgan fingerprint density at radius 1 is 1.28 bits per heavy atom. The summed E-state index contributed by atoms with van der Waals surface area (Å²) in [7, 11) is 1.78. The van der Waals surface area contributed by atoms with Crippen LogP contribution >= 0.6 is 0 Å². The molecule has 0 bridgehead atoms. The Balaban J connectivity index is 2.36.